The summed E-state index contributed by atoms with van der Waals surface area (Å²) in [4.78, 5) is 38.7. The zero-order valence-corrected chi connectivity index (χ0v) is 21.4. The van der Waals surface area contributed by atoms with Gasteiger partial charge in [-0.2, -0.15) is 0 Å². The molecule has 2 amide bonds. The van der Waals surface area contributed by atoms with Crippen LogP contribution in [-0.2, 0) is 25.7 Å². The van der Waals surface area contributed by atoms with Crippen molar-refractivity contribution in [1.82, 2.24) is 10.2 Å². The topological polar surface area (TPSA) is 125 Å². The van der Waals surface area contributed by atoms with Gasteiger partial charge >= 0.3 is 12.1 Å². The van der Waals surface area contributed by atoms with E-state index in [-0.39, 0.29) is 32.2 Å². The molecular formula is C30H30N2O7. The van der Waals surface area contributed by atoms with Crippen LogP contribution in [0.1, 0.15) is 29.5 Å². The minimum absolute atomic E-state index is 0.0719. The molecule has 0 bridgehead atoms. The number of carboxylic acids is 1. The number of rotatable bonds is 9. The van der Waals surface area contributed by atoms with Gasteiger partial charge in [-0.25, -0.2) is 9.59 Å². The van der Waals surface area contributed by atoms with Gasteiger partial charge in [0.15, 0.2) is 5.60 Å². The fourth-order valence-corrected chi connectivity index (χ4v) is 5.12. The van der Waals surface area contributed by atoms with Crippen LogP contribution < -0.4 is 5.32 Å². The van der Waals surface area contributed by atoms with Crippen molar-refractivity contribution < 1.29 is 34.1 Å². The Hall–Kier alpha value is -4.21. The van der Waals surface area contributed by atoms with Crippen LogP contribution in [0.2, 0.25) is 0 Å². The summed E-state index contributed by atoms with van der Waals surface area (Å²) in [5.41, 5.74) is 3.21. The third kappa shape index (κ3) is 5.36. The first-order valence-corrected chi connectivity index (χ1v) is 12.8. The number of fused-ring (bicyclic) bond motifs is 3. The molecule has 0 aromatic heterocycles. The molecule has 1 fully saturated rings. The minimum Gasteiger partial charge on any atom is -0.479 e. The number of aliphatic carboxylic acids is 1. The Morgan fingerprint density at radius 1 is 0.949 bits per heavy atom. The molecule has 0 saturated carbocycles. The number of nitrogens with one attached hydrogen (secondary N) is 1. The van der Waals surface area contributed by atoms with Crippen molar-refractivity contribution in [2.75, 3.05) is 19.7 Å². The lowest BCUT2D eigenvalue weighted by Gasteiger charge is -2.45. The third-order valence-corrected chi connectivity index (χ3v) is 7.32. The maximum atomic E-state index is 13.3. The molecule has 2 aliphatic rings. The molecule has 2 atom stereocenters. The summed E-state index contributed by atoms with van der Waals surface area (Å²) in [5.74, 6) is -2.11. The van der Waals surface area contributed by atoms with E-state index in [0.29, 0.717) is 0 Å². The number of β-amino-alcohol motifs (C(OH)–C–C–N with tert-alkyl or cyclic N) is 1. The first kappa shape index (κ1) is 26.4. The Bertz CT molecular complexity index is 1320. The molecule has 0 radical (unpaired) electrons. The van der Waals surface area contributed by atoms with Gasteiger partial charge in [0, 0.05) is 5.92 Å². The lowest BCUT2D eigenvalue weighted by atomic mass is 9.93. The lowest BCUT2D eigenvalue weighted by molar-refractivity contribution is -0.183. The Balaban J connectivity index is 1.27. The molecule has 2 unspecified atom stereocenters. The van der Waals surface area contributed by atoms with Gasteiger partial charge in [0.1, 0.15) is 12.6 Å². The summed E-state index contributed by atoms with van der Waals surface area (Å²) in [7, 11) is 0. The van der Waals surface area contributed by atoms with E-state index in [2.05, 4.69) is 5.32 Å². The van der Waals surface area contributed by atoms with Crippen LogP contribution in [0.4, 0.5) is 4.79 Å². The second-order valence-corrected chi connectivity index (χ2v) is 9.98. The van der Waals surface area contributed by atoms with Crippen LogP contribution >= 0.6 is 0 Å². The minimum atomic E-state index is -2.00. The number of carbonyl (C=O) groups excluding carboxylic acids is 2. The monoisotopic (exact) mass is 530 g/mol. The van der Waals surface area contributed by atoms with Crippen molar-refractivity contribution >= 4 is 18.0 Å². The highest BCUT2D eigenvalue weighted by atomic mass is 16.5. The maximum Gasteiger partial charge on any atom is 0.407 e. The summed E-state index contributed by atoms with van der Waals surface area (Å²) in [5, 5.41) is 21.9. The van der Waals surface area contributed by atoms with Gasteiger partial charge < -0.3 is 29.9 Å². The molecule has 1 heterocycles. The van der Waals surface area contributed by atoms with E-state index in [9.17, 15) is 24.6 Å². The lowest BCUT2D eigenvalue weighted by Crippen LogP contribution is -2.70. The summed E-state index contributed by atoms with van der Waals surface area (Å²) in [6, 6.07) is 24.2. The molecule has 1 aliphatic heterocycles. The highest BCUT2D eigenvalue weighted by Crippen LogP contribution is 2.44. The third-order valence-electron chi connectivity index (χ3n) is 7.32. The van der Waals surface area contributed by atoms with Gasteiger partial charge in [-0.3, -0.25) is 4.79 Å². The van der Waals surface area contributed by atoms with E-state index < -0.39 is 35.7 Å². The van der Waals surface area contributed by atoms with Gasteiger partial charge in [-0.15, -0.1) is 0 Å². The second-order valence-electron chi connectivity index (χ2n) is 9.98. The largest absolute Gasteiger partial charge is 0.479 e. The molecule has 1 saturated heterocycles. The number of carboxylic acid groups (broad SMARTS) is 1. The summed E-state index contributed by atoms with van der Waals surface area (Å²) >= 11 is 0. The molecule has 39 heavy (non-hydrogen) atoms. The number of benzene rings is 3. The van der Waals surface area contributed by atoms with Gasteiger partial charge in [0.25, 0.3) is 0 Å². The number of amides is 2. The molecule has 3 aromatic carbocycles. The number of aliphatic hydroxyl groups is 1. The second kappa shape index (κ2) is 10.9. The first-order chi connectivity index (χ1) is 18.8. The van der Waals surface area contributed by atoms with E-state index in [1.165, 1.54) is 4.90 Å². The van der Waals surface area contributed by atoms with E-state index >= 15 is 0 Å². The quantitative estimate of drug-likeness (QED) is 0.388. The maximum absolute atomic E-state index is 13.3. The van der Waals surface area contributed by atoms with Crippen molar-refractivity contribution in [3.63, 3.8) is 0 Å². The van der Waals surface area contributed by atoms with E-state index in [1.807, 2.05) is 78.9 Å². The van der Waals surface area contributed by atoms with Crippen LogP contribution in [0.15, 0.2) is 78.9 Å². The Morgan fingerprint density at radius 2 is 1.51 bits per heavy atom. The van der Waals surface area contributed by atoms with Crippen LogP contribution in [0.5, 0.6) is 0 Å². The van der Waals surface area contributed by atoms with Crippen molar-refractivity contribution in [2.24, 2.45) is 0 Å². The molecule has 5 rings (SSSR count). The van der Waals surface area contributed by atoms with Gasteiger partial charge in [-0.05, 0) is 34.7 Å². The van der Waals surface area contributed by atoms with Crippen LogP contribution in [0.25, 0.3) is 11.1 Å². The molecule has 9 nitrogen and oxygen atoms in total. The highest BCUT2D eigenvalue weighted by molar-refractivity contribution is 5.90. The van der Waals surface area contributed by atoms with Gasteiger partial charge in [0.05, 0.1) is 25.8 Å². The number of hydrogen-bond donors (Lipinski definition) is 3. The zero-order chi connectivity index (χ0) is 27.6. The van der Waals surface area contributed by atoms with Crippen LogP contribution in [0.3, 0.4) is 0 Å². The molecule has 202 valence electrons. The van der Waals surface area contributed by atoms with Crippen molar-refractivity contribution in [3.05, 3.63) is 95.6 Å². The summed E-state index contributed by atoms with van der Waals surface area (Å²) < 4.78 is 11.5. The first-order valence-electron chi connectivity index (χ1n) is 12.8. The highest BCUT2D eigenvalue weighted by Gasteiger charge is 2.51. The van der Waals surface area contributed by atoms with Crippen molar-refractivity contribution in [1.29, 1.82) is 0 Å². The SMILES string of the molecule is CC(OCc1ccccc1)C(NC(=O)OCC1c2ccccc2-c2ccccc21)C(=O)N1CC(O)(C(=O)O)C1. The van der Waals surface area contributed by atoms with Gasteiger partial charge in [-0.1, -0.05) is 78.9 Å². The predicted molar refractivity (Wildman–Crippen MR) is 142 cm³/mol. The number of ether oxygens (including phenoxy) is 2. The number of likely N-dealkylation sites (tertiary alicyclic amines) is 1. The van der Waals surface area contributed by atoms with Crippen molar-refractivity contribution in [2.45, 2.75) is 37.2 Å². The Morgan fingerprint density at radius 3 is 2.10 bits per heavy atom. The van der Waals surface area contributed by atoms with Crippen LogP contribution in [0, 0.1) is 0 Å². The fraction of sp³-hybridized carbons (Fsp3) is 0.300. The fourth-order valence-electron chi connectivity index (χ4n) is 5.12. The molecule has 9 heteroatoms. The Labute approximate surface area is 226 Å². The van der Waals surface area contributed by atoms with Gasteiger partial charge in [0.2, 0.25) is 5.91 Å². The molecule has 1 aliphatic carbocycles. The standard InChI is InChI=1S/C30H30N2O7/c1-19(38-15-20-9-3-2-4-10-20)26(27(33)32-17-30(37,18-32)28(34)35)31-29(36)39-16-25-23-13-7-5-11-21(23)22-12-6-8-14-24(22)25/h2-14,19,25-26,37H,15-18H2,1H3,(H,31,36)(H,34,35). The average molecular weight is 531 g/mol. The summed E-state index contributed by atoms with van der Waals surface area (Å²) in [6.45, 7) is 1.17. The molecular weight excluding hydrogens is 500 g/mol. The Kier molecular flexibility index (Phi) is 7.36. The number of carbonyl (C=O) groups is 3. The number of hydrogen-bond acceptors (Lipinski definition) is 6. The predicted octanol–water partition coefficient (Wildman–Crippen LogP) is 3.16. The van der Waals surface area contributed by atoms with E-state index in [1.54, 1.807) is 6.92 Å². The number of nitrogens with zero attached hydrogens (tertiary/aromatic N) is 1. The van der Waals surface area contributed by atoms with E-state index in [4.69, 9.17) is 9.47 Å². The average Bonchev–Trinajstić information content (AvgIpc) is 3.25. The molecule has 0 spiro atoms. The van der Waals surface area contributed by atoms with Crippen molar-refractivity contribution in [3.8, 4) is 11.1 Å². The smallest absolute Gasteiger partial charge is 0.407 e. The van der Waals surface area contributed by atoms with Crippen LogP contribution in [-0.4, -0.2) is 70.5 Å². The van der Waals surface area contributed by atoms with E-state index in [0.717, 1.165) is 27.8 Å². The molecule has 3 aromatic rings. The zero-order valence-electron chi connectivity index (χ0n) is 21.4. The number of alkyl carbamates (subject to hydrolysis) is 1. The normalized spacial score (nSPS) is 16.8. The summed E-state index contributed by atoms with van der Waals surface area (Å²) in [6.07, 6.45) is -1.56. The molecule has 3 N–H and O–H groups in total.